The number of hydrogen-bond donors (Lipinski definition) is 1. The van der Waals surface area contributed by atoms with Crippen LogP contribution in [0.3, 0.4) is 0 Å². The van der Waals surface area contributed by atoms with Gasteiger partial charge in [-0.2, -0.15) is 4.52 Å². The molecule has 2 aromatic carbocycles. The lowest BCUT2D eigenvalue weighted by Crippen LogP contribution is -2.46. The highest BCUT2D eigenvalue weighted by Crippen LogP contribution is 2.35. The van der Waals surface area contributed by atoms with Crippen LogP contribution in [-0.4, -0.2) is 83.5 Å². The molecule has 0 amide bonds. The van der Waals surface area contributed by atoms with E-state index in [0.717, 1.165) is 80.3 Å². The largest absolute Gasteiger partial charge is 0.493 e. The number of hydrogen-bond acceptors (Lipinski definition) is 11. The van der Waals surface area contributed by atoms with Gasteiger partial charge in [-0.05, 0) is 85.4 Å². The van der Waals surface area contributed by atoms with Crippen LogP contribution in [0.1, 0.15) is 35.1 Å². The Hall–Kier alpha value is -4.81. The van der Waals surface area contributed by atoms with Gasteiger partial charge in [0, 0.05) is 44.0 Å². The van der Waals surface area contributed by atoms with Crippen LogP contribution in [0.4, 0.5) is 5.95 Å². The minimum absolute atomic E-state index is 0.520. The number of nitrogens with zero attached hydrogens (tertiary/aromatic N) is 6. The van der Waals surface area contributed by atoms with Crippen LogP contribution in [0.15, 0.2) is 59.3 Å². The molecule has 0 saturated carbocycles. The van der Waals surface area contributed by atoms with Gasteiger partial charge in [0.25, 0.3) is 0 Å². The molecule has 1 N–H and O–H groups in total. The molecule has 1 fully saturated rings. The Labute approximate surface area is 274 Å². The molecule has 5 heterocycles. The van der Waals surface area contributed by atoms with Gasteiger partial charge in [-0.15, -0.1) is 5.10 Å². The van der Waals surface area contributed by atoms with Crippen LogP contribution in [0.5, 0.6) is 23.0 Å². The molecule has 0 unspecified atom stereocenters. The first-order chi connectivity index (χ1) is 23.1. The number of anilines is 1. The monoisotopic (exact) mass is 639 g/mol. The van der Waals surface area contributed by atoms with Crippen molar-refractivity contribution in [2.45, 2.75) is 44.9 Å². The maximum absolute atomic E-state index is 5.64. The highest BCUT2D eigenvalue weighted by atomic mass is 16.5. The summed E-state index contributed by atoms with van der Waals surface area (Å²) in [4.78, 5) is 14.8. The normalized spacial score (nSPS) is 15.8. The molecular formula is C35H41N7O5. The Balaban J connectivity index is 1.05. The first kappa shape index (κ1) is 30.8. The van der Waals surface area contributed by atoms with Gasteiger partial charge in [0.15, 0.2) is 34.4 Å². The fraction of sp³-hybridized carbons (Fsp3) is 0.400. The number of likely N-dealkylation sites (tertiary alicyclic amines) is 1. The van der Waals surface area contributed by atoms with E-state index in [9.17, 15) is 0 Å². The third-order valence-corrected chi connectivity index (χ3v) is 9.29. The van der Waals surface area contributed by atoms with Crippen molar-refractivity contribution in [1.82, 2.24) is 29.4 Å². The van der Waals surface area contributed by atoms with E-state index >= 15 is 0 Å². The fourth-order valence-corrected chi connectivity index (χ4v) is 6.73. The van der Waals surface area contributed by atoms with Crippen molar-refractivity contribution >= 4 is 11.6 Å². The third-order valence-electron chi connectivity index (χ3n) is 9.29. The molecule has 0 bridgehead atoms. The first-order valence-electron chi connectivity index (χ1n) is 16.0. The van der Waals surface area contributed by atoms with Crippen LogP contribution >= 0.6 is 0 Å². The lowest BCUT2D eigenvalue weighted by molar-refractivity contribution is 0.0948. The number of piperidine rings is 1. The summed E-state index contributed by atoms with van der Waals surface area (Å²) in [7, 11) is 6.66. The van der Waals surface area contributed by atoms with E-state index in [1.54, 1.807) is 39.2 Å². The van der Waals surface area contributed by atoms with Gasteiger partial charge in [0.2, 0.25) is 11.8 Å². The summed E-state index contributed by atoms with van der Waals surface area (Å²) in [6, 6.07) is 14.4. The number of aromatic nitrogens is 4. The smallest absolute Gasteiger partial charge is 0.226 e. The molecule has 3 aromatic heterocycles. The van der Waals surface area contributed by atoms with E-state index in [2.05, 4.69) is 27.2 Å². The molecule has 7 rings (SSSR count). The lowest BCUT2D eigenvalue weighted by Gasteiger charge is -2.40. The Kier molecular flexibility index (Phi) is 8.86. The summed E-state index contributed by atoms with van der Waals surface area (Å²) in [5.41, 5.74) is 5.51. The molecule has 12 nitrogen and oxygen atoms in total. The lowest BCUT2D eigenvalue weighted by atomic mass is 9.94. The standard InChI is InChI=1S/C35H41N7O5/c1-43-28-8-7-23(16-30(28)44-2)19-36-35-37-20-26(34-38-33(39-42(34)35)29-6-5-15-47-29)21-40-12-10-27(11-13-40)41-14-9-24-17-31(45-3)32(46-4)18-25(24)22-41/h5-8,15-18,20,27H,9-14,19,21-22H2,1-4H3,(H,36,37). The number of nitrogens with one attached hydrogen (secondary N) is 1. The second-order valence-electron chi connectivity index (χ2n) is 12.0. The Morgan fingerprint density at radius 1 is 0.872 bits per heavy atom. The van der Waals surface area contributed by atoms with Crippen molar-refractivity contribution in [3.05, 3.63) is 77.2 Å². The van der Waals surface area contributed by atoms with Gasteiger partial charge in [0.1, 0.15) is 0 Å². The highest BCUT2D eigenvalue weighted by Gasteiger charge is 2.29. The van der Waals surface area contributed by atoms with Crippen molar-refractivity contribution in [3.8, 4) is 34.6 Å². The second kappa shape index (κ2) is 13.5. The van der Waals surface area contributed by atoms with E-state index in [4.69, 9.17) is 38.4 Å². The van der Waals surface area contributed by atoms with Crippen LogP contribution in [0.25, 0.3) is 17.2 Å². The predicted molar refractivity (Wildman–Crippen MR) is 177 cm³/mol. The quantitative estimate of drug-likeness (QED) is 0.210. The van der Waals surface area contributed by atoms with E-state index in [-0.39, 0.29) is 0 Å². The molecule has 47 heavy (non-hydrogen) atoms. The number of benzene rings is 2. The highest BCUT2D eigenvalue weighted by molar-refractivity contribution is 5.58. The van der Waals surface area contributed by atoms with E-state index in [1.165, 1.54) is 11.1 Å². The zero-order valence-electron chi connectivity index (χ0n) is 27.4. The number of rotatable bonds is 11. The van der Waals surface area contributed by atoms with Crippen molar-refractivity contribution in [1.29, 1.82) is 0 Å². The van der Waals surface area contributed by atoms with Gasteiger partial charge in [-0.3, -0.25) is 9.80 Å². The fourth-order valence-electron chi connectivity index (χ4n) is 6.73. The molecule has 1 saturated heterocycles. The molecule has 12 heteroatoms. The minimum Gasteiger partial charge on any atom is -0.493 e. The zero-order valence-corrected chi connectivity index (χ0v) is 27.4. The topological polar surface area (TPSA) is 112 Å². The molecular weight excluding hydrogens is 598 g/mol. The van der Waals surface area contributed by atoms with Crippen molar-refractivity contribution in [2.24, 2.45) is 0 Å². The van der Waals surface area contributed by atoms with Gasteiger partial charge >= 0.3 is 0 Å². The van der Waals surface area contributed by atoms with Crippen LogP contribution in [-0.2, 0) is 26.1 Å². The first-order valence-corrected chi connectivity index (χ1v) is 16.0. The summed E-state index contributed by atoms with van der Waals surface area (Å²) >= 11 is 0. The molecule has 246 valence electrons. The summed E-state index contributed by atoms with van der Waals surface area (Å²) in [5, 5.41) is 8.23. The molecule has 2 aliphatic rings. The van der Waals surface area contributed by atoms with Crippen LogP contribution in [0.2, 0.25) is 0 Å². The van der Waals surface area contributed by atoms with Crippen LogP contribution < -0.4 is 24.3 Å². The molecule has 0 atom stereocenters. The molecule has 5 aromatic rings. The number of ether oxygens (including phenoxy) is 4. The number of fused-ring (bicyclic) bond motifs is 2. The second-order valence-corrected chi connectivity index (χ2v) is 12.0. The van der Waals surface area contributed by atoms with E-state index in [1.807, 2.05) is 36.5 Å². The summed E-state index contributed by atoms with van der Waals surface area (Å²) in [6.07, 6.45) is 6.80. The third kappa shape index (κ3) is 6.30. The van der Waals surface area contributed by atoms with E-state index in [0.29, 0.717) is 41.6 Å². The molecule has 2 aliphatic heterocycles. The van der Waals surface area contributed by atoms with Crippen molar-refractivity contribution < 1.29 is 23.4 Å². The Bertz CT molecular complexity index is 1830. The Morgan fingerprint density at radius 3 is 2.34 bits per heavy atom. The average Bonchev–Trinajstić information content (AvgIpc) is 3.82. The summed E-state index contributed by atoms with van der Waals surface area (Å²) in [6.45, 7) is 5.28. The molecule has 0 radical (unpaired) electrons. The zero-order chi connectivity index (χ0) is 32.3. The van der Waals surface area contributed by atoms with Gasteiger partial charge in [-0.25, -0.2) is 9.97 Å². The SMILES string of the molecule is COc1ccc(CNc2ncc(CN3CCC(N4CCc5cc(OC)c(OC)cc5C4)CC3)c3nc(-c4ccco4)nn23)cc1OC. The van der Waals surface area contributed by atoms with Gasteiger partial charge < -0.3 is 28.7 Å². The van der Waals surface area contributed by atoms with Crippen LogP contribution in [0, 0.1) is 0 Å². The van der Waals surface area contributed by atoms with E-state index < -0.39 is 0 Å². The maximum Gasteiger partial charge on any atom is 0.226 e. The maximum atomic E-state index is 5.64. The predicted octanol–water partition coefficient (Wildman–Crippen LogP) is 5.05. The number of furan rings is 1. The van der Waals surface area contributed by atoms with Gasteiger partial charge in [0.05, 0.1) is 34.7 Å². The minimum atomic E-state index is 0.520. The molecule has 0 aliphatic carbocycles. The average molecular weight is 640 g/mol. The summed E-state index contributed by atoms with van der Waals surface area (Å²) < 4.78 is 29.4. The molecule has 0 spiro atoms. The van der Waals surface area contributed by atoms with Crippen molar-refractivity contribution in [2.75, 3.05) is 53.4 Å². The Morgan fingerprint density at radius 2 is 1.62 bits per heavy atom. The number of methoxy groups -OCH3 is 4. The summed E-state index contributed by atoms with van der Waals surface area (Å²) in [5.74, 6) is 4.71. The van der Waals surface area contributed by atoms with Gasteiger partial charge in [-0.1, -0.05) is 6.07 Å². The van der Waals surface area contributed by atoms with Crippen molar-refractivity contribution in [3.63, 3.8) is 0 Å².